The summed E-state index contributed by atoms with van der Waals surface area (Å²) >= 11 is 0. The Morgan fingerprint density at radius 2 is 2.09 bits per heavy atom. The highest BCUT2D eigenvalue weighted by molar-refractivity contribution is 7.54. The molecule has 4 rings (SSSR count). The molecule has 182 valence electrons. The number of benzene rings is 1. The van der Waals surface area contributed by atoms with Crippen molar-refractivity contribution in [2.75, 3.05) is 18.7 Å². The number of carbonyl (C=O) groups excluding carboxylic acids is 1. The predicted molar refractivity (Wildman–Crippen MR) is 122 cm³/mol. The van der Waals surface area contributed by atoms with Crippen molar-refractivity contribution in [3.05, 3.63) is 48.9 Å². The lowest BCUT2D eigenvalue weighted by Gasteiger charge is -2.22. The van der Waals surface area contributed by atoms with Gasteiger partial charge in [-0.3, -0.25) is 9.32 Å². The van der Waals surface area contributed by atoms with Crippen molar-refractivity contribution in [1.29, 1.82) is 0 Å². The Labute approximate surface area is 195 Å². The van der Waals surface area contributed by atoms with Gasteiger partial charge in [0.15, 0.2) is 0 Å². The number of ether oxygens (including phenoxy) is 2. The van der Waals surface area contributed by atoms with Gasteiger partial charge in [0.2, 0.25) is 6.35 Å². The molecule has 0 spiro atoms. The fourth-order valence-electron chi connectivity index (χ4n) is 3.45. The van der Waals surface area contributed by atoms with Crippen LogP contribution in [0.2, 0.25) is 0 Å². The van der Waals surface area contributed by atoms with Gasteiger partial charge >= 0.3 is 13.6 Å². The Bertz CT molecular complexity index is 1190. The Balaban J connectivity index is 1.45. The molecule has 1 fully saturated rings. The van der Waals surface area contributed by atoms with Crippen molar-refractivity contribution in [3.8, 4) is 5.75 Å². The second kappa shape index (κ2) is 10.1. The van der Waals surface area contributed by atoms with E-state index in [4.69, 9.17) is 30.0 Å². The molecule has 0 aliphatic carbocycles. The van der Waals surface area contributed by atoms with Crippen LogP contribution in [0.15, 0.2) is 48.9 Å². The molecule has 0 bridgehead atoms. The minimum Gasteiger partial charge on any atom is -0.450 e. The van der Waals surface area contributed by atoms with Crippen LogP contribution in [0.1, 0.15) is 19.6 Å². The van der Waals surface area contributed by atoms with Crippen LogP contribution in [-0.4, -0.2) is 56.8 Å². The zero-order chi connectivity index (χ0) is 24.3. The topological polar surface area (TPSA) is 174 Å². The van der Waals surface area contributed by atoms with E-state index in [1.54, 1.807) is 47.2 Å². The minimum atomic E-state index is -3.97. The van der Waals surface area contributed by atoms with E-state index in [-0.39, 0.29) is 18.8 Å². The third-order valence-corrected chi connectivity index (χ3v) is 6.69. The Kier molecular flexibility index (Phi) is 7.15. The number of esters is 1. The molecule has 1 aliphatic heterocycles. The minimum absolute atomic E-state index is 0.241. The van der Waals surface area contributed by atoms with Crippen LogP contribution in [-0.2, 0) is 23.4 Å². The lowest BCUT2D eigenvalue weighted by Crippen LogP contribution is -2.30. The number of aromatic nitrogens is 3. The highest BCUT2D eigenvalue weighted by Crippen LogP contribution is 2.49. The van der Waals surface area contributed by atoms with Gasteiger partial charge in [0.25, 0.3) is 0 Å². The molecule has 5 N–H and O–H groups in total. The summed E-state index contributed by atoms with van der Waals surface area (Å²) in [7, 11) is -3.97. The van der Waals surface area contributed by atoms with Crippen molar-refractivity contribution in [2.24, 2.45) is 5.73 Å². The largest absolute Gasteiger partial charge is 0.450 e. The molecule has 13 heteroatoms. The van der Waals surface area contributed by atoms with Gasteiger partial charge in [0, 0.05) is 12.6 Å². The predicted octanol–water partition coefficient (Wildman–Crippen LogP) is 1.80. The summed E-state index contributed by atoms with van der Waals surface area (Å²) in [5.74, 6) is -0.148. The van der Waals surface area contributed by atoms with Gasteiger partial charge in [0.05, 0.1) is 18.1 Å². The standard InChI is InChI=1S/C21H26N5O7P/c1-13(22)21(28)30-12-34(29,33-14-5-3-2-4-6-14)31-10-17-16(27)9-18(32-17)26-8-7-15-19(23)24-11-25-20(15)26/h2-8,11,13,16-18,27H,9-10,12,22H2,1H3,(H2,23,24,25)/t13-,16-,17+,18+,34?/m0/s1. The SMILES string of the molecule is C[C@H](N)C(=O)OCP(=O)(OC[C@H]1O[C@@H](n2ccc3c(N)ncnc32)C[C@@H]1O)Oc1ccccc1. The fraction of sp³-hybridized carbons (Fsp3) is 0.381. The molecule has 1 unspecified atom stereocenters. The number of hydrogen-bond acceptors (Lipinski definition) is 11. The molecule has 1 aliphatic rings. The van der Waals surface area contributed by atoms with E-state index in [9.17, 15) is 14.5 Å². The summed E-state index contributed by atoms with van der Waals surface area (Å²) in [4.78, 5) is 20.0. The van der Waals surface area contributed by atoms with E-state index in [2.05, 4.69) is 9.97 Å². The molecule has 0 amide bonds. The molecule has 5 atom stereocenters. The van der Waals surface area contributed by atoms with Gasteiger partial charge in [-0.05, 0) is 25.1 Å². The van der Waals surface area contributed by atoms with E-state index in [1.165, 1.54) is 13.3 Å². The molecule has 2 aromatic heterocycles. The van der Waals surface area contributed by atoms with Gasteiger partial charge in [-0.25, -0.2) is 14.5 Å². The van der Waals surface area contributed by atoms with Gasteiger partial charge < -0.3 is 35.1 Å². The number of anilines is 1. The summed E-state index contributed by atoms with van der Waals surface area (Å²) in [6.07, 6.45) is 0.393. The molecule has 12 nitrogen and oxygen atoms in total. The van der Waals surface area contributed by atoms with Gasteiger partial charge in [-0.1, -0.05) is 18.2 Å². The number of aliphatic hydroxyl groups excluding tert-OH is 1. The third kappa shape index (κ3) is 5.37. The molecular weight excluding hydrogens is 465 g/mol. The highest BCUT2D eigenvalue weighted by Gasteiger charge is 2.39. The molecule has 1 saturated heterocycles. The number of fused-ring (bicyclic) bond motifs is 1. The number of nitrogens with two attached hydrogens (primary N) is 2. The third-order valence-electron chi connectivity index (χ3n) is 5.21. The summed E-state index contributed by atoms with van der Waals surface area (Å²) in [6, 6.07) is 9.19. The zero-order valence-electron chi connectivity index (χ0n) is 18.4. The number of aliphatic hydroxyl groups is 1. The first-order valence-electron chi connectivity index (χ1n) is 10.6. The average Bonchev–Trinajstić information content (AvgIpc) is 3.41. The molecule has 3 heterocycles. The summed E-state index contributed by atoms with van der Waals surface area (Å²) in [5.41, 5.74) is 12.0. The van der Waals surface area contributed by atoms with Crippen LogP contribution in [0.3, 0.4) is 0 Å². The molecule has 3 aromatic rings. The van der Waals surface area contributed by atoms with Crippen LogP contribution in [0.25, 0.3) is 11.0 Å². The number of carbonyl (C=O) groups is 1. The van der Waals surface area contributed by atoms with Crippen molar-refractivity contribution in [2.45, 2.75) is 37.8 Å². The first-order valence-corrected chi connectivity index (χ1v) is 12.3. The van der Waals surface area contributed by atoms with Crippen LogP contribution in [0.5, 0.6) is 5.75 Å². The first kappa shape index (κ1) is 24.1. The van der Waals surface area contributed by atoms with Crippen molar-refractivity contribution >= 4 is 30.4 Å². The Morgan fingerprint density at radius 3 is 2.82 bits per heavy atom. The monoisotopic (exact) mass is 491 g/mol. The van der Waals surface area contributed by atoms with Crippen LogP contribution in [0, 0.1) is 0 Å². The zero-order valence-corrected chi connectivity index (χ0v) is 19.3. The van der Waals surface area contributed by atoms with Crippen molar-refractivity contribution in [1.82, 2.24) is 14.5 Å². The molecular formula is C21H26N5O7P. The summed E-state index contributed by atoms with van der Waals surface area (Å²) in [6.45, 7) is 1.17. The van der Waals surface area contributed by atoms with Crippen LogP contribution >= 0.6 is 7.60 Å². The average molecular weight is 491 g/mol. The maximum atomic E-state index is 13.4. The lowest BCUT2D eigenvalue weighted by molar-refractivity contribution is -0.143. The number of nitrogen functional groups attached to an aromatic ring is 1. The van der Waals surface area contributed by atoms with E-state index in [0.717, 1.165) is 0 Å². The number of para-hydroxylation sites is 1. The molecule has 0 radical (unpaired) electrons. The molecule has 34 heavy (non-hydrogen) atoms. The Hall–Kier alpha value is -3.02. The normalized spacial score (nSPS) is 22.9. The maximum Gasteiger partial charge on any atom is 0.416 e. The fourth-order valence-corrected chi connectivity index (χ4v) is 4.73. The number of hydrogen-bond donors (Lipinski definition) is 3. The van der Waals surface area contributed by atoms with Gasteiger partial charge in [0.1, 0.15) is 41.9 Å². The van der Waals surface area contributed by atoms with Crippen LogP contribution < -0.4 is 16.0 Å². The molecule has 0 saturated carbocycles. The molecule has 1 aromatic carbocycles. The van der Waals surface area contributed by atoms with Crippen LogP contribution in [0.4, 0.5) is 5.82 Å². The van der Waals surface area contributed by atoms with Gasteiger partial charge in [-0.15, -0.1) is 0 Å². The number of nitrogens with zero attached hydrogens (tertiary/aromatic N) is 3. The summed E-state index contributed by atoms with van der Waals surface area (Å²) in [5, 5.41) is 11.2. The van der Waals surface area contributed by atoms with Crippen molar-refractivity contribution in [3.63, 3.8) is 0 Å². The first-order chi connectivity index (χ1) is 16.3. The second-order valence-electron chi connectivity index (χ2n) is 7.84. The van der Waals surface area contributed by atoms with Gasteiger partial charge in [-0.2, -0.15) is 0 Å². The van der Waals surface area contributed by atoms with Crippen molar-refractivity contribution < 1.29 is 33.0 Å². The van der Waals surface area contributed by atoms with E-state index < -0.39 is 44.4 Å². The smallest absolute Gasteiger partial charge is 0.416 e. The van der Waals surface area contributed by atoms with E-state index in [1.807, 2.05) is 0 Å². The quantitative estimate of drug-likeness (QED) is 0.294. The van der Waals surface area contributed by atoms with E-state index in [0.29, 0.717) is 16.9 Å². The van der Waals surface area contributed by atoms with E-state index >= 15 is 0 Å². The maximum absolute atomic E-state index is 13.4. The second-order valence-corrected chi connectivity index (χ2v) is 9.76. The highest BCUT2D eigenvalue weighted by atomic mass is 31.2. The Morgan fingerprint density at radius 1 is 1.32 bits per heavy atom. The number of rotatable bonds is 9. The summed E-state index contributed by atoms with van der Waals surface area (Å²) < 4.78 is 37.2. The lowest BCUT2D eigenvalue weighted by atomic mass is 10.2.